The van der Waals surface area contributed by atoms with E-state index in [0.29, 0.717) is 11.3 Å². The van der Waals surface area contributed by atoms with Crippen molar-refractivity contribution in [1.29, 1.82) is 0 Å². The number of esters is 1. The van der Waals surface area contributed by atoms with Gasteiger partial charge in [-0.3, -0.25) is 0 Å². The Hall–Kier alpha value is -1.89. The molecule has 0 N–H and O–H groups in total. The summed E-state index contributed by atoms with van der Waals surface area (Å²) in [4.78, 5) is 12.5. The molecular formula is C10H10N4O2S. The largest absolute Gasteiger partial charge is 0.465 e. The Morgan fingerprint density at radius 2 is 2.29 bits per heavy atom. The van der Waals surface area contributed by atoms with Crippen LogP contribution in [0.5, 0.6) is 0 Å². The topological polar surface area (TPSA) is 69.9 Å². The van der Waals surface area contributed by atoms with Crippen molar-refractivity contribution < 1.29 is 9.53 Å². The average Bonchev–Trinajstić information content (AvgIpc) is 2.91. The summed E-state index contributed by atoms with van der Waals surface area (Å²) in [5.74, 6) is -0.371. The maximum Gasteiger partial charge on any atom is 0.339 e. The average molecular weight is 250 g/mol. The number of carbonyl (C=O) groups excluding carboxylic acids is 1. The summed E-state index contributed by atoms with van der Waals surface area (Å²) >= 11 is 1.48. The van der Waals surface area contributed by atoms with E-state index in [4.69, 9.17) is 4.74 Å². The van der Waals surface area contributed by atoms with Crippen molar-refractivity contribution in [3.05, 3.63) is 30.1 Å². The van der Waals surface area contributed by atoms with Crippen LogP contribution in [-0.4, -0.2) is 39.5 Å². The van der Waals surface area contributed by atoms with E-state index in [-0.39, 0.29) is 5.97 Å². The molecule has 0 fully saturated rings. The van der Waals surface area contributed by atoms with Crippen molar-refractivity contribution >= 4 is 17.7 Å². The lowest BCUT2D eigenvalue weighted by Crippen LogP contribution is -2.05. The summed E-state index contributed by atoms with van der Waals surface area (Å²) in [7, 11) is 1.36. The van der Waals surface area contributed by atoms with E-state index in [2.05, 4.69) is 15.5 Å². The van der Waals surface area contributed by atoms with E-state index in [1.807, 2.05) is 18.4 Å². The van der Waals surface area contributed by atoms with Crippen LogP contribution in [0.25, 0.3) is 5.69 Å². The van der Waals surface area contributed by atoms with Gasteiger partial charge < -0.3 is 4.74 Å². The van der Waals surface area contributed by atoms with Gasteiger partial charge in [0.25, 0.3) is 0 Å². The Balaban J connectivity index is 2.48. The summed E-state index contributed by atoms with van der Waals surface area (Å²) in [6.07, 6.45) is 3.37. The Morgan fingerprint density at radius 3 is 2.88 bits per heavy atom. The number of hydrogen-bond donors (Lipinski definition) is 0. The first kappa shape index (κ1) is 11.6. The van der Waals surface area contributed by atoms with Gasteiger partial charge in [-0.2, -0.15) is 0 Å². The van der Waals surface area contributed by atoms with E-state index >= 15 is 0 Å². The van der Waals surface area contributed by atoms with E-state index in [0.717, 1.165) is 4.90 Å². The minimum atomic E-state index is -0.371. The molecular weight excluding hydrogens is 240 g/mol. The smallest absolute Gasteiger partial charge is 0.339 e. The summed E-state index contributed by atoms with van der Waals surface area (Å²) in [6, 6.07) is 5.39. The Bertz CT molecular complexity index is 527. The third-order valence-corrected chi connectivity index (χ3v) is 3.00. The number of hydrogen-bond acceptors (Lipinski definition) is 6. The van der Waals surface area contributed by atoms with Gasteiger partial charge in [0.05, 0.1) is 18.4 Å². The number of methoxy groups -OCH3 is 1. The van der Waals surface area contributed by atoms with E-state index < -0.39 is 0 Å². The molecule has 0 bridgehead atoms. The van der Waals surface area contributed by atoms with Gasteiger partial charge in [0, 0.05) is 4.90 Å². The molecule has 6 nitrogen and oxygen atoms in total. The first-order chi connectivity index (χ1) is 8.26. The normalized spacial score (nSPS) is 10.2. The number of ether oxygens (including phenoxy) is 1. The predicted octanol–water partition coefficient (Wildman–Crippen LogP) is 1.17. The van der Waals surface area contributed by atoms with Crippen molar-refractivity contribution in [1.82, 2.24) is 20.2 Å². The minimum absolute atomic E-state index is 0.371. The second kappa shape index (κ2) is 4.96. The highest BCUT2D eigenvalue weighted by atomic mass is 32.2. The molecule has 0 radical (unpaired) electrons. The van der Waals surface area contributed by atoms with Gasteiger partial charge in [-0.1, -0.05) is 0 Å². The summed E-state index contributed by atoms with van der Waals surface area (Å²) in [6.45, 7) is 0. The molecule has 0 unspecified atom stereocenters. The molecule has 0 aliphatic carbocycles. The van der Waals surface area contributed by atoms with Crippen LogP contribution in [0.4, 0.5) is 0 Å². The lowest BCUT2D eigenvalue weighted by molar-refractivity contribution is 0.0597. The standard InChI is InChI=1S/C10H10N4O2S/c1-16-10(15)8-5-7(3-4-9(8)17-2)14-6-11-12-13-14/h3-6H,1-2H3. The predicted molar refractivity (Wildman–Crippen MR) is 62.3 cm³/mol. The summed E-state index contributed by atoms with van der Waals surface area (Å²) in [5, 5.41) is 10.9. The zero-order valence-electron chi connectivity index (χ0n) is 9.32. The van der Waals surface area contributed by atoms with Crippen LogP contribution < -0.4 is 0 Å². The highest BCUT2D eigenvalue weighted by molar-refractivity contribution is 7.98. The van der Waals surface area contributed by atoms with Crippen molar-refractivity contribution in [2.75, 3.05) is 13.4 Å². The van der Waals surface area contributed by atoms with Gasteiger partial charge in [-0.25, -0.2) is 9.48 Å². The van der Waals surface area contributed by atoms with Gasteiger partial charge in [0.2, 0.25) is 0 Å². The Labute approximate surface area is 102 Å². The highest BCUT2D eigenvalue weighted by Crippen LogP contribution is 2.23. The summed E-state index contributed by atoms with van der Waals surface area (Å²) in [5.41, 5.74) is 1.22. The number of benzene rings is 1. The molecule has 0 atom stereocenters. The van der Waals surface area contributed by atoms with E-state index in [1.54, 1.807) is 6.07 Å². The number of thioether (sulfide) groups is 1. The Kier molecular flexibility index (Phi) is 3.38. The molecule has 0 aliphatic rings. The molecule has 0 saturated carbocycles. The fourth-order valence-corrected chi connectivity index (χ4v) is 1.95. The molecule has 7 heteroatoms. The lowest BCUT2D eigenvalue weighted by Gasteiger charge is -2.07. The number of nitrogens with zero attached hydrogens (tertiary/aromatic N) is 4. The SMILES string of the molecule is COC(=O)c1cc(-n2cnnn2)ccc1SC. The van der Waals surface area contributed by atoms with Crippen LogP contribution in [-0.2, 0) is 4.74 Å². The number of carbonyl (C=O) groups is 1. The van der Waals surface area contributed by atoms with Crippen LogP contribution in [0.3, 0.4) is 0 Å². The molecule has 2 rings (SSSR count). The first-order valence-corrected chi connectivity index (χ1v) is 5.98. The maximum atomic E-state index is 11.6. The zero-order chi connectivity index (χ0) is 12.3. The lowest BCUT2D eigenvalue weighted by atomic mass is 10.2. The molecule has 1 aromatic carbocycles. The van der Waals surface area contributed by atoms with Gasteiger partial charge in [0.1, 0.15) is 6.33 Å². The molecule has 17 heavy (non-hydrogen) atoms. The Morgan fingerprint density at radius 1 is 1.47 bits per heavy atom. The molecule has 1 heterocycles. The number of tetrazole rings is 1. The maximum absolute atomic E-state index is 11.6. The number of rotatable bonds is 3. The zero-order valence-corrected chi connectivity index (χ0v) is 10.1. The van der Waals surface area contributed by atoms with Gasteiger partial charge in [0.15, 0.2) is 0 Å². The second-order valence-corrected chi connectivity index (χ2v) is 3.98. The summed E-state index contributed by atoms with van der Waals surface area (Å²) < 4.78 is 6.22. The fourth-order valence-electron chi connectivity index (χ4n) is 1.39. The molecule has 0 amide bonds. The molecule has 0 spiro atoms. The van der Waals surface area contributed by atoms with Crippen molar-refractivity contribution in [2.24, 2.45) is 0 Å². The second-order valence-electron chi connectivity index (χ2n) is 3.13. The molecule has 1 aromatic heterocycles. The van der Waals surface area contributed by atoms with E-state index in [9.17, 15) is 4.79 Å². The molecule has 88 valence electrons. The van der Waals surface area contributed by atoms with Crippen LogP contribution >= 0.6 is 11.8 Å². The van der Waals surface area contributed by atoms with Crippen LogP contribution in [0.1, 0.15) is 10.4 Å². The number of aromatic nitrogens is 4. The van der Waals surface area contributed by atoms with Crippen molar-refractivity contribution in [3.8, 4) is 5.69 Å². The van der Waals surface area contributed by atoms with Crippen molar-refractivity contribution in [3.63, 3.8) is 0 Å². The van der Waals surface area contributed by atoms with Gasteiger partial charge >= 0.3 is 5.97 Å². The first-order valence-electron chi connectivity index (χ1n) is 4.76. The van der Waals surface area contributed by atoms with E-state index in [1.165, 1.54) is 29.9 Å². The van der Waals surface area contributed by atoms with Crippen LogP contribution in [0, 0.1) is 0 Å². The third-order valence-electron chi connectivity index (χ3n) is 2.20. The highest BCUT2D eigenvalue weighted by Gasteiger charge is 2.13. The molecule has 0 aliphatic heterocycles. The third kappa shape index (κ3) is 2.28. The fraction of sp³-hybridized carbons (Fsp3) is 0.200. The molecule has 0 saturated heterocycles. The molecule has 2 aromatic rings. The monoisotopic (exact) mass is 250 g/mol. The van der Waals surface area contributed by atoms with Crippen molar-refractivity contribution in [2.45, 2.75) is 4.90 Å². The minimum Gasteiger partial charge on any atom is -0.465 e. The van der Waals surface area contributed by atoms with Crippen LogP contribution in [0.15, 0.2) is 29.4 Å². The quantitative estimate of drug-likeness (QED) is 0.601. The van der Waals surface area contributed by atoms with Crippen LogP contribution in [0.2, 0.25) is 0 Å². The van der Waals surface area contributed by atoms with Gasteiger partial charge in [-0.15, -0.1) is 16.9 Å². The van der Waals surface area contributed by atoms with Gasteiger partial charge in [-0.05, 0) is 34.9 Å².